The van der Waals surface area contributed by atoms with Crippen LogP contribution in [-0.2, 0) is 0 Å². The van der Waals surface area contributed by atoms with Gasteiger partial charge in [-0.3, -0.25) is 20.2 Å². The summed E-state index contributed by atoms with van der Waals surface area (Å²) in [7, 11) is 0. The number of aromatic nitrogens is 3. The van der Waals surface area contributed by atoms with E-state index in [-0.39, 0.29) is 21.0 Å². The predicted molar refractivity (Wildman–Crippen MR) is 63.8 cm³/mol. The molecule has 92 valence electrons. The lowest BCUT2D eigenvalue weighted by Gasteiger charge is -1.98. The van der Waals surface area contributed by atoms with Gasteiger partial charge < -0.3 is 0 Å². The fourth-order valence-corrected chi connectivity index (χ4v) is 1.73. The number of hydrogen-bond acceptors (Lipinski definition) is 7. The largest absolute Gasteiger partial charge is 0.345 e. The van der Waals surface area contributed by atoms with Crippen LogP contribution in [0.25, 0.3) is 0 Å². The maximum atomic E-state index is 11.6. The first-order chi connectivity index (χ1) is 8.56. The Morgan fingerprint density at radius 3 is 2.78 bits per heavy atom. The molecule has 10 heteroatoms. The Labute approximate surface area is 109 Å². The van der Waals surface area contributed by atoms with E-state index in [1.54, 1.807) is 0 Å². The fraction of sp³-hybridized carbons (Fsp3) is 0. The van der Waals surface area contributed by atoms with Gasteiger partial charge in [0, 0.05) is 0 Å². The van der Waals surface area contributed by atoms with Crippen LogP contribution in [0.2, 0.25) is 5.15 Å². The minimum Gasteiger partial charge on any atom is -0.296 e. The van der Waals surface area contributed by atoms with Gasteiger partial charge in [0.05, 0.1) is 4.92 Å². The summed E-state index contributed by atoms with van der Waals surface area (Å²) in [6.45, 7) is 0. The Hall–Kier alpha value is -2.13. The van der Waals surface area contributed by atoms with E-state index in [0.717, 1.165) is 17.5 Å². The van der Waals surface area contributed by atoms with Crippen molar-refractivity contribution in [3.63, 3.8) is 0 Å². The highest BCUT2D eigenvalue weighted by molar-refractivity contribution is 7.18. The van der Waals surface area contributed by atoms with Gasteiger partial charge in [-0.15, -0.1) is 10.2 Å². The lowest BCUT2D eigenvalue weighted by Crippen LogP contribution is -2.13. The van der Waals surface area contributed by atoms with E-state index in [9.17, 15) is 14.9 Å². The van der Waals surface area contributed by atoms with Crippen LogP contribution >= 0.6 is 22.9 Å². The third-order valence-corrected chi connectivity index (χ3v) is 2.82. The summed E-state index contributed by atoms with van der Waals surface area (Å²) in [6.07, 6.45) is 1.06. The molecule has 1 N–H and O–H groups in total. The molecule has 18 heavy (non-hydrogen) atoms. The highest BCUT2D eigenvalue weighted by Gasteiger charge is 2.15. The Morgan fingerprint density at radius 2 is 2.22 bits per heavy atom. The molecule has 0 atom stereocenters. The summed E-state index contributed by atoms with van der Waals surface area (Å²) >= 11 is 6.27. The Bertz CT molecular complexity index is 599. The Balaban J connectivity index is 2.11. The second-order valence-electron chi connectivity index (χ2n) is 2.96. The van der Waals surface area contributed by atoms with Gasteiger partial charge in [0.25, 0.3) is 5.91 Å². The first-order valence-corrected chi connectivity index (χ1v) is 5.66. The summed E-state index contributed by atoms with van der Waals surface area (Å²) < 4.78 is 0. The highest BCUT2D eigenvalue weighted by atomic mass is 35.5. The van der Waals surface area contributed by atoms with E-state index in [4.69, 9.17) is 11.6 Å². The zero-order valence-electron chi connectivity index (χ0n) is 8.53. The van der Waals surface area contributed by atoms with E-state index >= 15 is 0 Å². The minimum absolute atomic E-state index is 0.0391. The SMILES string of the molecule is O=C(Nc1ncc([N+](=O)[O-])s1)c1ccc(Cl)nn1. The van der Waals surface area contributed by atoms with Gasteiger partial charge in [-0.1, -0.05) is 11.6 Å². The van der Waals surface area contributed by atoms with Crippen molar-refractivity contribution in [3.8, 4) is 0 Å². The molecule has 0 spiro atoms. The summed E-state index contributed by atoms with van der Waals surface area (Å²) in [4.78, 5) is 25.2. The molecule has 0 fully saturated rings. The second kappa shape index (κ2) is 5.02. The molecule has 0 radical (unpaired) electrons. The number of hydrogen-bond donors (Lipinski definition) is 1. The lowest BCUT2D eigenvalue weighted by molar-refractivity contribution is -0.380. The van der Waals surface area contributed by atoms with E-state index in [1.807, 2.05) is 0 Å². The van der Waals surface area contributed by atoms with Gasteiger partial charge >= 0.3 is 5.00 Å². The van der Waals surface area contributed by atoms with E-state index in [0.29, 0.717) is 0 Å². The van der Waals surface area contributed by atoms with Crippen molar-refractivity contribution in [1.82, 2.24) is 15.2 Å². The molecule has 2 aromatic rings. The average molecular weight is 286 g/mol. The summed E-state index contributed by atoms with van der Waals surface area (Å²) in [6, 6.07) is 2.79. The second-order valence-corrected chi connectivity index (χ2v) is 4.35. The third kappa shape index (κ3) is 2.76. The molecule has 0 unspecified atom stereocenters. The fourth-order valence-electron chi connectivity index (χ4n) is 1.01. The van der Waals surface area contributed by atoms with Crippen LogP contribution in [0.5, 0.6) is 0 Å². The predicted octanol–water partition coefficient (Wildman–Crippen LogP) is 1.75. The van der Waals surface area contributed by atoms with Crippen LogP contribution in [-0.4, -0.2) is 26.0 Å². The molecule has 0 aliphatic carbocycles. The molecule has 8 nitrogen and oxygen atoms in total. The number of carbonyl (C=O) groups is 1. The van der Waals surface area contributed by atoms with Crippen molar-refractivity contribution < 1.29 is 9.72 Å². The number of nitro groups is 1. The molecular formula is C8H4ClN5O3S. The number of rotatable bonds is 3. The summed E-state index contributed by atoms with van der Waals surface area (Å²) in [5.41, 5.74) is 0.0391. The van der Waals surface area contributed by atoms with Gasteiger partial charge in [-0.05, 0) is 23.5 Å². The first-order valence-electron chi connectivity index (χ1n) is 4.47. The quantitative estimate of drug-likeness (QED) is 0.679. The first kappa shape index (κ1) is 12.3. The van der Waals surface area contributed by atoms with Gasteiger partial charge in [0.15, 0.2) is 16.0 Å². The Kier molecular flexibility index (Phi) is 3.44. The van der Waals surface area contributed by atoms with Crippen LogP contribution in [0.3, 0.4) is 0 Å². The van der Waals surface area contributed by atoms with Crippen molar-refractivity contribution in [2.24, 2.45) is 0 Å². The average Bonchev–Trinajstić information content (AvgIpc) is 2.78. The molecule has 0 saturated heterocycles. The number of halogens is 1. The van der Waals surface area contributed by atoms with Gasteiger partial charge in [-0.25, -0.2) is 4.98 Å². The summed E-state index contributed by atoms with van der Waals surface area (Å²) in [5, 5.41) is 20.0. The van der Waals surface area contributed by atoms with Crippen molar-refractivity contribution >= 4 is 39.0 Å². The van der Waals surface area contributed by atoms with Crippen LogP contribution < -0.4 is 5.32 Å². The van der Waals surface area contributed by atoms with Gasteiger partial charge in [0.2, 0.25) is 0 Å². The zero-order valence-corrected chi connectivity index (χ0v) is 10.1. The van der Waals surface area contributed by atoms with E-state index in [1.165, 1.54) is 12.1 Å². The number of amides is 1. The van der Waals surface area contributed by atoms with Crippen molar-refractivity contribution in [1.29, 1.82) is 0 Å². The topological polar surface area (TPSA) is 111 Å². The minimum atomic E-state index is -0.588. The standard InChI is InChI=1S/C8H4ClN5O3S/c9-5-2-1-4(12-13-5)7(15)11-8-10-3-6(18-8)14(16)17/h1-3H,(H,10,11,15). The molecule has 0 aliphatic heterocycles. The number of nitrogens with zero attached hydrogens (tertiary/aromatic N) is 4. The van der Waals surface area contributed by atoms with Crippen LogP contribution in [0.1, 0.15) is 10.5 Å². The van der Waals surface area contributed by atoms with Crippen molar-refractivity contribution in [2.75, 3.05) is 5.32 Å². The number of carbonyl (C=O) groups excluding carboxylic acids is 1. The van der Waals surface area contributed by atoms with Crippen molar-refractivity contribution in [2.45, 2.75) is 0 Å². The molecule has 2 heterocycles. The lowest BCUT2D eigenvalue weighted by atomic mass is 10.4. The smallest absolute Gasteiger partial charge is 0.296 e. The molecule has 0 saturated carbocycles. The van der Waals surface area contributed by atoms with Crippen LogP contribution in [0, 0.1) is 10.1 Å². The van der Waals surface area contributed by atoms with E-state index < -0.39 is 10.8 Å². The molecule has 0 bridgehead atoms. The molecule has 0 aromatic carbocycles. The maximum absolute atomic E-state index is 11.6. The molecule has 0 aliphatic rings. The van der Waals surface area contributed by atoms with Crippen LogP contribution in [0.4, 0.5) is 10.1 Å². The number of nitrogens with one attached hydrogen (secondary N) is 1. The zero-order chi connectivity index (χ0) is 13.1. The van der Waals surface area contributed by atoms with Crippen LogP contribution in [0.15, 0.2) is 18.3 Å². The number of thiazole rings is 1. The van der Waals surface area contributed by atoms with Gasteiger partial charge in [-0.2, -0.15) is 0 Å². The normalized spacial score (nSPS) is 10.1. The van der Waals surface area contributed by atoms with E-state index in [2.05, 4.69) is 20.5 Å². The highest BCUT2D eigenvalue weighted by Crippen LogP contribution is 2.25. The molecule has 1 amide bonds. The molecular weight excluding hydrogens is 282 g/mol. The Morgan fingerprint density at radius 1 is 1.44 bits per heavy atom. The third-order valence-electron chi connectivity index (χ3n) is 1.76. The van der Waals surface area contributed by atoms with Gasteiger partial charge in [0.1, 0.15) is 6.20 Å². The molecule has 2 rings (SSSR count). The monoisotopic (exact) mass is 285 g/mol. The van der Waals surface area contributed by atoms with Crippen molar-refractivity contribution in [3.05, 3.63) is 39.3 Å². The number of anilines is 1. The summed E-state index contributed by atoms with van der Waals surface area (Å²) in [5.74, 6) is -0.566. The molecule has 2 aromatic heterocycles. The maximum Gasteiger partial charge on any atom is 0.345 e.